The first-order valence-electron chi connectivity index (χ1n) is 9.01. The van der Waals surface area contributed by atoms with Crippen molar-refractivity contribution in [2.75, 3.05) is 6.54 Å². The highest BCUT2D eigenvalue weighted by atomic mass is 16.5. The number of fused-ring (bicyclic) bond motifs is 1. The third-order valence-electron chi connectivity index (χ3n) is 5.56. The minimum absolute atomic E-state index is 0.108. The van der Waals surface area contributed by atoms with E-state index in [0.29, 0.717) is 31.7 Å². The van der Waals surface area contributed by atoms with Crippen LogP contribution in [0.25, 0.3) is 0 Å². The minimum Gasteiger partial charge on any atom is -0.507 e. The number of phenols is 1. The lowest BCUT2D eigenvalue weighted by molar-refractivity contribution is -0.136. The zero-order valence-corrected chi connectivity index (χ0v) is 16.1. The lowest BCUT2D eigenvalue weighted by Crippen LogP contribution is -2.51. The van der Waals surface area contributed by atoms with E-state index in [1.54, 1.807) is 6.20 Å². The fourth-order valence-corrected chi connectivity index (χ4v) is 3.52. The molecule has 1 aliphatic heterocycles. The van der Waals surface area contributed by atoms with Gasteiger partial charge in [-0.3, -0.25) is 4.79 Å². The van der Waals surface area contributed by atoms with Gasteiger partial charge in [0.1, 0.15) is 17.3 Å². The number of nitrogens with zero attached hydrogens (tertiary/aromatic N) is 2. The van der Waals surface area contributed by atoms with E-state index in [2.05, 4.69) is 10.3 Å². The molecule has 1 aliphatic rings. The van der Waals surface area contributed by atoms with Gasteiger partial charge in [0.2, 0.25) is 0 Å². The van der Waals surface area contributed by atoms with Crippen LogP contribution in [0.5, 0.6) is 11.5 Å². The molecule has 1 atom stereocenters. The van der Waals surface area contributed by atoms with Crippen molar-refractivity contribution < 1.29 is 14.6 Å². The molecule has 6 heteroatoms. The second kappa shape index (κ2) is 6.67. The van der Waals surface area contributed by atoms with Gasteiger partial charge in [-0.1, -0.05) is 0 Å². The standard InChI is InChI=1S/C20H27N3O3/c1-12-13(2)18-16(14(3)17(12)24)6-7-20(5,26-18)19(25)22-9-11-23-10-8-21-15(23)4/h8,10,24H,6-7,9,11H2,1-5H3,(H,22,25)/t20-/m1/s1. The van der Waals surface area contributed by atoms with E-state index in [1.807, 2.05) is 45.4 Å². The van der Waals surface area contributed by atoms with E-state index in [-0.39, 0.29) is 5.91 Å². The van der Waals surface area contributed by atoms with Crippen LogP contribution in [-0.4, -0.2) is 32.7 Å². The molecule has 0 bridgehead atoms. The van der Waals surface area contributed by atoms with Crippen molar-refractivity contribution in [1.29, 1.82) is 0 Å². The smallest absolute Gasteiger partial charge is 0.263 e. The van der Waals surface area contributed by atoms with Gasteiger partial charge in [-0.25, -0.2) is 4.98 Å². The van der Waals surface area contributed by atoms with E-state index < -0.39 is 5.60 Å². The number of ether oxygens (including phenoxy) is 1. The van der Waals surface area contributed by atoms with E-state index >= 15 is 0 Å². The fourth-order valence-electron chi connectivity index (χ4n) is 3.52. The molecule has 1 amide bonds. The zero-order valence-electron chi connectivity index (χ0n) is 16.1. The van der Waals surface area contributed by atoms with Gasteiger partial charge in [-0.2, -0.15) is 0 Å². The number of amides is 1. The van der Waals surface area contributed by atoms with E-state index in [9.17, 15) is 9.90 Å². The van der Waals surface area contributed by atoms with E-state index in [1.165, 1.54) is 0 Å². The number of rotatable bonds is 4. The Hall–Kier alpha value is -2.50. The van der Waals surface area contributed by atoms with Crippen LogP contribution in [0.2, 0.25) is 0 Å². The molecule has 0 radical (unpaired) electrons. The van der Waals surface area contributed by atoms with Crippen molar-refractivity contribution in [2.24, 2.45) is 0 Å². The average Bonchev–Trinajstić information content (AvgIpc) is 3.03. The Morgan fingerprint density at radius 3 is 2.69 bits per heavy atom. The third-order valence-corrected chi connectivity index (χ3v) is 5.56. The molecule has 2 N–H and O–H groups in total. The van der Waals surface area contributed by atoms with E-state index in [0.717, 1.165) is 33.8 Å². The fraction of sp³-hybridized carbons (Fsp3) is 0.500. The van der Waals surface area contributed by atoms with Gasteiger partial charge < -0.3 is 19.7 Å². The molecule has 0 saturated heterocycles. The molecule has 3 rings (SSSR count). The molecule has 140 valence electrons. The van der Waals surface area contributed by atoms with Gasteiger partial charge >= 0.3 is 0 Å². The number of hydrogen-bond donors (Lipinski definition) is 2. The summed E-state index contributed by atoms with van der Waals surface area (Å²) < 4.78 is 8.20. The number of aromatic nitrogens is 2. The molecule has 0 spiro atoms. The largest absolute Gasteiger partial charge is 0.507 e. The van der Waals surface area contributed by atoms with Crippen molar-refractivity contribution in [3.63, 3.8) is 0 Å². The van der Waals surface area contributed by atoms with E-state index in [4.69, 9.17) is 4.74 Å². The maximum atomic E-state index is 12.8. The molecular formula is C20H27N3O3. The Bertz CT molecular complexity index is 856. The highest BCUT2D eigenvalue weighted by molar-refractivity contribution is 5.85. The predicted molar refractivity (Wildman–Crippen MR) is 99.6 cm³/mol. The van der Waals surface area contributed by atoms with Crippen LogP contribution < -0.4 is 10.1 Å². The Morgan fingerprint density at radius 1 is 1.31 bits per heavy atom. The van der Waals surface area contributed by atoms with Crippen molar-refractivity contribution in [3.8, 4) is 11.5 Å². The van der Waals surface area contributed by atoms with Crippen molar-refractivity contribution >= 4 is 5.91 Å². The molecule has 6 nitrogen and oxygen atoms in total. The first kappa shape index (κ1) is 18.3. The number of aryl methyl sites for hydroxylation is 1. The molecular weight excluding hydrogens is 330 g/mol. The van der Waals surface area contributed by atoms with Crippen LogP contribution >= 0.6 is 0 Å². The molecule has 0 saturated carbocycles. The van der Waals surface area contributed by atoms with Crippen LogP contribution in [0.1, 0.15) is 41.4 Å². The second-order valence-electron chi connectivity index (χ2n) is 7.29. The third kappa shape index (κ3) is 3.04. The SMILES string of the molecule is Cc1c(C)c2c(c(C)c1O)CC[C@](C)(C(=O)NCCn1ccnc1C)O2. The minimum atomic E-state index is -0.905. The van der Waals surface area contributed by atoms with Crippen molar-refractivity contribution in [1.82, 2.24) is 14.9 Å². The summed E-state index contributed by atoms with van der Waals surface area (Å²) in [7, 11) is 0. The molecule has 0 fully saturated rings. The molecule has 2 heterocycles. The maximum absolute atomic E-state index is 12.8. The Labute approximate surface area is 154 Å². The number of imidazole rings is 1. The Balaban J connectivity index is 1.73. The first-order valence-corrected chi connectivity index (χ1v) is 9.01. The highest BCUT2D eigenvalue weighted by Gasteiger charge is 2.40. The number of nitrogens with one attached hydrogen (secondary N) is 1. The average molecular weight is 357 g/mol. The summed E-state index contributed by atoms with van der Waals surface area (Å²) in [6.07, 6.45) is 4.94. The molecule has 1 aromatic heterocycles. The van der Waals surface area contributed by atoms with Gasteiger partial charge in [-0.15, -0.1) is 0 Å². The summed E-state index contributed by atoms with van der Waals surface area (Å²) in [6, 6.07) is 0. The summed E-state index contributed by atoms with van der Waals surface area (Å²) >= 11 is 0. The molecule has 26 heavy (non-hydrogen) atoms. The monoisotopic (exact) mass is 357 g/mol. The van der Waals surface area contributed by atoms with Crippen LogP contribution in [-0.2, 0) is 17.8 Å². The number of hydrogen-bond acceptors (Lipinski definition) is 4. The Kier molecular flexibility index (Phi) is 4.69. The van der Waals surface area contributed by atoms with Gasteiger partial charge in [0.05, 0.1) is 0 Å². The van der Waals surface area contributed by atoms with Gasteiger partial charge in [-0.05, 0) is 57.7 Å². The Morgan fingerprint density at radius 2 is 2.04 bits per heavy atom. The number of carbonyl (C=O) groups is 1. The van der Waals surface area contributed by atoms with Gasteiger partial charge in [0.15, 0.2) is 5.60 Å². The quantitative estimate of drug-likeness (QED) is 0.882. The molecule has 0 aliphatic carbocycles. The van der Waals surface area contributed by atoms with Gasteiger partial charge in [0, 0.05) is 37.5 Å². The summed E-state index contributed by atoms with van der Waals surface area (Å²) in [6.45, 7) is 10.7. The summed E-state index contributed by atoms with van der Waals surface area (Å²) in [4.78, 5) is 17.0. The topological polar surface area (TPSA) is 76.4 Å². The van der Waals surface area contributed by atoms with Crippen molar-refractivity contribution in [2.45, 2.75) is 59.6 Å². The second-order valence-corrected chi connectivity index (χ2v) is 7.29. The number of benzene rings is 1. The first-order chi connectivity index (χ1) is 12.2. The highest BCUT2D eigenvalue weighted by Crippen LogP contribution is 2.43. The summed E-state index contributed by atoms with van der Waals surface area (Å²) in [5.74, 6) is 1.89. The summed E-state index contributed by atoms with van der Waals surface area (Å²) in [5, 5.41) is 13.3. The number of phenolic OH excluding ortho intramolecular Hbond substituents is 1. The van der Waals surface area contributed by atoms with Crippen LogP contribution in [0.15, 0.2) is 12.4 Å². The molecule has 1 aromatic carbocycles. The maximum Gasteiger partial charge on any atom is 0.263 e. The number of aromatic hydroxyl groups is 1. The van der Waals surface area contributed by atoms with Crippen LogP contribution in [0.3, 0.4) is 0 Å². The van der Waals surface area contributed by atoms with Crippen LogP contribution in [0.4, 0.5) is 0 Å². The number of carbonyl (C=O) groups excluding carboxylic acids is 1. The van der Waals surface area contributed by atoms with Gasteiger partial charge in [0.25, 0.3) is 5.91 Å². The van der Waals surface area contributed by atoms with Crippen LogP contribution in [0, 0.1) is 27.7 Å². The predicted octanol–water partition coefficient (Wildman–Crippen LogP) is 2.72. The normalized spacial score (nSPS) is 19.0. The lowest BCUT2D eigenvalue weighted by atomic mass is 9.86. The molecule has 0 unspecified atom stereocenters. The van der Waals surface area contributed by atoms with Crippen molar-refractivity contribution in [3.05, 3.63) is 40.5 Å². The molecule has 2 aromatic rings. The lowest BCUT2D eigenvalue weighted by Gasteiger charge is -2.36. The summed E-state index contributed by atoms with van der Waals surface area (Å²) in [5.41, 5.74) is 2.65. The zero-order chi connectivity index (χ0) is 19.1.